The first-order valence-corrected chi connectivity index (χ1v) is 8.81. The van der Waals surface area contributed by atoms with E-state index in [1.54, 1.807) is 13.3 Å². The highest BCUT2D eigenvalue weighted by atomic mass is 19.1. The van der Waals surface area contributed by atoms with E-state index in [0.717, 1.165) is 18.3 Å². The molecule has 2 aliphatic rings. The Labute approximate surface area is 145 Å². The van der Waals surface area contributed by atoms with Crippen LogP contribution in [-0.4, -0.2) is 56.5 Å². The lowest BCUT2D eigenvalue weighted by atomic mass is 9.75. The molecule has 2 aliphatic heterocycles. The molecule has 0 amide bonds. The summed E-state index contributed by atoms with van der Waals surface area (Å²) in [5.74, 6) is 0.141. The molecule has 24 heavy (non-hydrogen) atoms. The third-order valence-electron chi connectivity index (χ3n) is 4.80. The zero-order valence-electron chi connectivity index (χ0n) is 15.8. The average Bonchev–Trinajstić information content (AvgIpc) is 2.63. The summed E-state index contributed by atoms with van der Waals surface area (Å²) in [5, 5.41) is 3.35. The summed E-state index contributed by atoms with van der Waals surface area (Å²) in [4.78, 5) is 6.47. The van der Waals surface area contributed by atoms with Crippen molar-refractivity contribution in [1.29, 1.82) is 0 Å². The van der Waals surface area contributed by atoms with Gasteiger partial charge in [0.2, 0.25) is 0 Å². The number of aliphatic imine (C=N–C) groups is 1. The van der Waals surface area contributed by atoms with Crippen molar-refractivity contribution in [2.24, 2.45) is 10.9 Å². The molecule has 1 N–H and O–H groups in total. The molecule has 0 aromatic carbocycles. The van der Waals surface area contributed by atoms with E-state index in [9.17, 15) is 4.39 Å². The van der Waals surface area contributed by atoms with Crippen molar-refractivity contribution in [2.75, 3.05) is 14.1 Å². The minimum absolute atomic E-state index is 0.0378. The quantitative estimate of drug-likeness (QED) is 0.475. The Morgan fingerprint density at radius 3 is 2.79 bits per heavy atom. The fraction of sp³-hybridized carbons (Fsp3) is 0.824. The van der Waals surface area contributed by atoms with E-state index in [4.69, 9.17) is 9.31 Å². The van der Waals surface area contributed by atoms with Gasteiger partial charge in [0, 0.05) is 20.0 Å². The molecule has 0 aromatic heterocycles. The van der Waals surface area contributed by atoms with E-state index >= 15 is 0 Å². The highest BCUT2D eigenvalue weighted by molar-refractivity contribution is 6.54. The molecule has 136 valence electrons. The molecule has 5 nitrogen and oxygen atoms in total. The van der Waals surface area contributed by atoms with Crippen molar-refractivity contribution in [2.45, 2.75) is 71.0 Å². The van der Waals surface area contributed by atoms with Gasteiger partial charge in [0.15, 0.2) is 0 Å². The van der Waals surface area contributed by atoms with Gasteiger partial charge in [-0.3, -0.25) is 4.99 Å². The van der Waals surface area contributed by atoms with Gasteiger partial charge in [0.25, 0.3) is 0 Å². The van der Waals surface area contributed by atoms with Crippen molar-refractivity contribution >= 4 is 13.5 Å². The molecule has 0 bridgehead atoms. The summed E-state index contributed by atoms with van der Waals surface area (Å²) in [5.41, 5.74) is 0.777. The maximum atomic E-state index is 13.6. The van der Waals surface area contributed by atoms with Crippen LogP contribution in [0.3, 0.4) is 0 Å². The van der Waals surface area contributed by atoms with Crippen LogP contribution < -0.4 is 5.32 Å². The van der Waals surface area contributed by atoms with Crippen LogP contribution in [0.1, 0.15) is 47.0 Å². The lowest BCUT2D eigenvalue weighted by Crippen LogP contribution is -2.32. The van der Waals surface area contributed by atoms with Crippen LogP contribution >= 0.6 is 0 Å². The smallest absolute Gasteiger partial charge is 0.402 e. The Balaban J connectivity index is 2.10. The summed E-state index contributed by atoms with van der Waals surface area (Å²) < 4.78 is 25.6. The molecule has 7 heteroatoms. The number of rotatable bonds is 5. The van der Waals surface area contributed by atoms with Gasteiger partial charge in [-0.2, -0.15) is 0 Å². The third kappa shape index (κ3) is 4.96. The van der Waals surface area contributed by atoms with Crippen LogP contribution in [0.25, 0.3) is 0 Å². The number of alkyl halides is 1. The minimum atomic E-state index is -0.839. The summed E-state index contributed by atoms with van der Waals surface area (Å²) in [6.07, 6.45) is 4.99. The van der Waals surface area contributed by atoms with Crippen molar-refractivity contribution < 1.29 is 13.7 Å². The number of allylic oxidation sites excluding steroid dienone is 1. The van der Waals surface area contributed by atoms with Crippen LogP contribution in [-0.2, 0) is 9.31 Å². The normalized spacial score (nSPS) is 31.5. The SMILES string of the molecule is C[C@@H]1OB(C2=CNC(N=CN(C)C)[C@H](C[C@@H](C)F)CC2)OC1(C)C. The average molecular weight is 339 g/mol. The predicted octanol–water partition coefficient (Wildman–Crippen LogP) is 2.78. The maximum absolute atomic E-state index is 13.6. The largest absolute Gasteiger partial charge is 0.491 e. The van der Waals surface area contributed by atoms with Crippen molar-refractivity contribution in [1.82, 2.24) is 10.2 Å². The zero-order valence-corrected chi connectivity index (χ0v) is 15.8. The highest BCUT2D eigenvalue weighted by Crippen LogP contribution is 2.33. The molecule has 1 fully saturated rings. The number of nitrogens with one attached hydrogen (secondary N) is 1. The molecular weight excluding hydrogens is 308 g/mol. The minimum Gasteiger partial charge on any atom is -0.402 e. The predicted molar refractivity (Wildman–Crippen MR) is 96.6 cm³/mol. The van der Waals surface area contributed by atoms with Gasteiger partial charge in [-0.05, 0) is 58.6 Å². The van der Waals surface area contributed by atoms with Gasteiger partial charge in [-0.15, -0.1) is 0 Å². The lowest BCUT2D eigenvalue weighted by molar-refractivity contribution is 0.0841. The fourth-order valence-corrected chi connectivity index (χ4v) is 3.04. The van der Waals surface area contributed by atoms with Crippen molar-refractivity contribution in [3.8, 4) is 0 Å². The van der Waals surface area contributed by atoms with Crippen LogP contribution in [0.5, 0.6) is 0 Å². The van der Waals surface area contributed by atoms with E-state index in [0.29, 0.717) is 6.42 Å². The molecule has 0 aromatic rings. The van der Waals surface area contributed by atoms with Crippen LogP contribution in [0.15, 0.2) is 16.7 Å². The highest BCUT2D eigenvalue weighted by Gasteiger charge is 2.45. The number of hydrogen-bond acceptors (Lipinski definition) is 4. The number of nitrogens with zero attached hydrogens (tertiary/aromatic N) is 2. The second kappa shape index (κ2) is 7.87. The van der Waals surface area contributed by atoms with Gasteiger partial charge < -0.3 is 19.5 Å². The first-order chi connectivity index (χ1) is 11.2. The maximum Gasteiger partial charge on any atom is 0.491 e. The van der Waals surface area contributed by atoms with E-state index in [1.165, 1.54) is 0 Å². The van der Waals surface area contributed by atoms with Crippen LogP contribution in [0, 0.1) is 5.92 Å². The Bertz CT molecular complexity index is 482. The summed E-state index contributed by atoms with van der Waals surface area (Å²) in [6, 6.07) is 0. The molecule has 0 spiro atoms. The van der Waals surface area contributed by atoms with Crippen molar-refractivity contribution in [3.05, 3.63) is 11.7 Å². The second-order valence-electron chi connectivity index (χ2n) is 7.71. The van der Waals surface area contributed by atoms with Gasteiger partial charge in [-0.25, -0.2) is 4.39 Å². The Morgan fingerprint density at radius 2 is 2.25 bits per heavy atom. The van der Waals surface area contributed by atoms with E-state index < -0.39 is 6.17 Å². The molecule has 1 unspecified atom stereocenters. The Kier molecular flexibility index (Phi) is 6.31. The van der Waals surface area contributed by atoms with Crippen molar-refractivity contribution in [3.63, 3.8) is 0 Å². The monoisotopic (exact) mass is 339 g/mol. The second-order valence-corrected chi connectivity index (χ2v) is 7.71. The first kappa shape index (κ1) is 19.3. The Hall–Kier alpha value is -1.08. The zero-order chi connectivity index (χ0) is 17.9. The third-order valence-corrected chi connectivity index (χ3v) is 4.80. The number of hydrogen-bond donors (Lipinski definition) is 1. The van der Waals surface area contributed by atoms with Gasteiger partial charge in [-0.1, -0.05) is 0 Å². The Morgan fingerprint density at radius 1 is 1.54 bits per heavy atom. The molecule has 0 aliphatic carbocycles. The summed E-state index contributed by atoms with van der Waals surface area (Å²) in [7, 11) is 3.53. The lowest BCUT2D eigenvalue weighted by Gasteiger charge is -2.23. The van der Waals surface area contributed by atoms with E-state index in [1.807, 2.05) is 46.0 Å². The van der Waals surface area contributed by atoms with E-state index in [2.05, 4.69) is 10.3 Å². The fourth-order valence-electron chi connectivity index (χ4n) is 3.04. The molecule has 2 heterocycles. The molecule has 1 saturated heterocycles. The molecule has 2 rings (SSSR count). The molecular formula is C17H31BFN3O2. The standard InChI is InChI=1S/C17H31BFN3O2/c1-12(19)9-14-7-8-15(10-20-16(14)21-11-22(5)6)18-23-13(2)17(3,4)24-18/h10-14,16,20H,7-9H2,1-6H3/t12-,13+,14+,16?/m1/s1. The van der Waals surface area contributed by atoms with Gasteiger partial charge in [0.1, 0.15) is 6.17 Å². The molecule has 0 saturated carbocycles. The van der Waals surface area contributed by atoms with Crippen LogP contribution in [0.4, 0.5) is 4.39 Å². The van der Waals surface area contributed by atoms with Crippen LogP contribution in [0.2, 0.25) is 0 Å². The molecule has 0 radical (unpaired) electrons. The first-order valence-electron chi connectivity index (χ1n) is 8.81. The number of halogens is 1. The van der Waals surface area contributed by atoms with Gasteiger partial charge in [0.05, 0.1) is 24.2 Å². The van der Waals surface area contributed by atoms with E-state index in [-0.39, 0.29) is 30.9 Å². The topological polar surface area (TPSA) is 46.1 Å². The summed E-state index contributed by atoms with van der Waals surface area (Å²) >= 11 is 0. The van der Waals surface area contributed by atoms with Gasteiger partial charge >= 0.3 is 7.12 Å². The molecule has 4 atom stereocenters. The summed E-state index contributed by atoms with van der Waals surface area (Å²) in [6.45, 7) is 7.72.